The van der Waals surface area contributed by atoms with E-state index >= 15 is 0 Å². The average molecular weight is 350 g/mol. The molecule has 0 radical (unpaired) electrons. The second kappa shape index (κ2) is 5.77. The highest BCUT2D eigenvalue weighted by Gasteiger charge is 2.24. The fraction of sp³-hybridized carbons (Fsp3) is 0.455. The Morgan fingerprint density at radius 1 is 1.62 bits per heavy atom. The molecule has 1 amide bonds. The molecular weight excluding hydrogens is 336 g/mol. The van der Waals surface area contributed by atoms with Gasteiger partial charge in [-0.25, -0.2) is 4.98 Å². The van der Waals surface area contributed by atoms with Crippen LogP contribution in [0.15, 0.2) is 22.8 Å². The normalized spacial score (nSPS) is 14.2. The molecule has 0 aromatic carbocycles. The highest BCUT2D eigenvalue weighted by molar-refractivity contribution is 9.10. The largest absolute Gasteiger partial charge is 0.345 e. The molecule has 0 bridgehead atoms. The minimum absolute atomic E-state index is 0.156. The van der Waals surface area contributed by atoms with Gasteiger partial charge in [0.15, 0.2) is 0 Å². The second-order valence-corrected chi connectivity index (χ2v) is 5.25. The summed E-state index contributed by atoms with van der Waals surface area (Å²) in [6.07, 6.45) is 2.46. The van der Waals surface area contributed by atoms with Gasteiger partial charge in [0.2, 0.25) is 0 Å². The van der Waals surface area contributed by atoms with Gasteiger partial charge in [-0.1, -0.05) is 22.9 Å². The van der Waals surface area contributed by atoms with Crippen LogP contribution in [-0.2, 0) is 0 Å². The first-order chi connectivity index (χ1) is 7.52. The third kappa shape index (κ3) is 3.28. The lowest BCUT2D eigenvalue weighted by atomic mass is 10.0. The van der Waals surface area contributed by atoms with Crippen molar-refractivity contribution in [1.82, 2.24) is 10.3 Å². The van der Waals surface area contributed by atoms with E-state index in [0.29, 0.717) is 15.5 Å². The van der Waals surface area contributed by atoms with E-state index in [4.69, 9.17) is 0 Å². The Bertz CT molecular complexity index is 378. The van der Waals surface area contributed by atoms with Gasteiger partial charge in [-0.3, -0.25) is 4.79 Å². The molecule has 0 saturated carbocycles. The molecule has 1 unspecified atom stereocenters. The molecule has 88 valence electrons. The maximum absolute atomic E-state index is 12.0. The molecule has 0 fully saturated rings. The highest BCUT2D eigenvalue weighted by atomic mass is 79.9. The van der Waals surface area contributed by atoms with Gasteiger partial charge in [0, 0.05) is 21.5 Å². The van der Waals surface area contributed by atoms with E-state index in [-0.39, 0.29) is 11.4 Å². The van der Waals surface area contributed by atoms with E-state index in [1.54, 1.807) is 18.3 Å². The SMILES string of the molecule is CCC(C)(CBr)NC(=O)c1ncccc1Br. The molecule has 5 heteroatoms. The maximum atomic E-state index is 12.0. The van der Waals surface area contributed by atoms with Gasteiger partial charge in [-0.05, 0) is 41.4 Å². The molecule has 1 heterocycles. The number of aromatic nitrogens is 1. The summed E-state index contributed by atoms with van der Waals surface area (Å²) in [4.78, 5) is 16.0. The lowest BCUT2D eigenvalue weighted by Gasteiger charge is -2.27. The Hall–Kier alpha value is -0.420. The fourth-order valence-corrected chi connectivity index (χ4v) is 2.07. The number of carbonyl (C=O) groups excluding carboxylic acids is 1. The van der Waals surface area contributed by atoms with Gasteiger partial charge in [0.25, 0.3) is 5.91 Å². The number of pyridine rings is 1. The van der Waals surface area contributed by atoms with Crippen LogP contribution in [0.3, 0.4) is 0 Å². The number of halogens is 2. The van der Waals surface area contributed by atoms with Gasteiger partial charge >= 0.3 is 0 Å². The monoisotopic (exact) mass is 348 g/mol. The smallest absolute Gasteiger partial charge is 0.271 e. The first-order valence-electron chi connectivity index (χ1n) is 5.01. The van der Waals surface area contributed by atoms with Crippen molar-refractivity contribution in [1.29, 1.82) is 0 Å². The number of hydrogen-bond donors (Lipinski definition) is 1. The molecule has 1 aromatic heterocycles. The van der Waals surface area contributed by atoms with Gasteiger partial charge < -0.3 is 5.32 Å². The number of nitrogens with zero attached hydrogens (tertiary/aromatic N) is 1. The van der Waals surface area contributed by atoms with E-state index in [1.807, 2.05) is 13.8 Å². The van der Waals surface area contributed by atoms with Crippen molar-refractivity contribution in [3.05, 3.63) is 28.5 Å². The van der Waals surface area contributed by atoms with Crippen LogP contribution >= 0.6 is 31.9 Å². The molecule has 3 nitrogen and oxygen atoms in total. The van der Waals surface area contributed by atoms with Gasteiger partial charge in [-0.15, -0.1) is 0 Å². The van der Waals surface area contributed by atoms with Gasteiger partial charge in [0.1, 0.15) is 5.69 Å². The lowest BCUT2D eigenvalue weighted by molar-refractivity contribution is 0.0907. The summed E-state index contributed by atoms with van der Waals surface area (Å²) in [5.41, 5.74) is 0.178. The third-order valence-corrected chi connectivity index (χ3v) is 4.34. The van der Waals surface area contributed by atoms with Crippen molar-refractivity contribution in [3.63, 3.8) is 0 Å². The first-order valence-corrected chi connectivity index (χ1v) is 6.93. The van der Waals surface area contributed by atoms with E-state index in [1.165, 1.54) is 0 Å². The summed E-state index contributed by atoms with van der Waals surface area (Å²) in [5, 5.41) is 3.69. The van der Waals surface area contributed by atoms with Crippen LogP contribution in [0.25, 0.3) is 0 Å². The minimum Gasteiger partial charge on any atom is -0.345 e. The Morgan fingerprint density at radius 2 is 2.31 bits per heavy atom. The molecule has 1 rings (SSSR count). The molecule has 0 aliphatic heterocycles. The molecular formula is C11H14Br2N2O. The number of amides is 1. The number of hydrogen-bond acceptors (Lipinski definition) is 2. The van der Waals surface area contributed by atoms with E-state index in [9.17, 15) is 4.79 Å². The zero-order valence-corrected chi connectivity index (χ0v) is 12.4. The van der Waals surface area contributed by atoms with Crippen molar-refractivity contribution in [2.45, 2.75) is 25.8 Å². The summed E-state index contributed by atoms with van der Waals surface area (Å²) in [5.74, 6) is -0.156. The van der Waals surface area contributed by atoms with Crippen LogP contribution < -0.4 is 5.32 Å². The topological polar surface area (TPSA) is 42.0 Å². The van der Waals surface area contributed by atoms with Crippen molar-refractivity contribution < 1.29 is 4.79 Å². The lowest BCUT2D eigenvalue weighted by Crippen LogP contribution is -2.47. The minimum atomic E-state index is -0.242. The van der Waals surface area contributed by atoms with Crippen LogP contribution in [0.1, 0.15) is 30.8 Å². The quantitative estimate of drug-likeness (QED) is 0.848. The Morgan fingerprint density at radius 3 is 2.81 bits per heavy atom. The van der Waals surface area contributed by atoms with Crippen molar-refractivity contribution in [2.75, 3.05) is 5.33 Å². The molecule has 16 heavy (non-hydrogen) atoms. The summed E-state index contributed by atoms with van der Waals surface area (Å²) in [6.45, 7) is 4.03. The van der Waals surface area contributed by atoms with Crippen molar-refractivity contribution in [2.24, 2.45) is 0 Å². The van der Waals surface area contributed by atoms with Crippen LogP contribution in [0.4, 0.5) is 0 Å². The number of alkyl halides is 1. The second-order valence-electron chi connectivity index (χ2n) is 3.84. The van der Waals surface area contributed by atoms with Crippen molar-refractivity contribution >= 4 is 37.8 Å². The van der Waals surface area contributed by atoms with Crippen LogP contribution in [0.5, 0.6) is 0 Å². The van der Waals surface area contributed by atoms with Crippen molar-refractivity contribution in [3.8, 4) is 0 Å². The molecule has 1 N–H and O–H groups in total. The molecule has 0 aliphatic carbocycles. The Balaban J connectivity index is 2.84. The molecule has 0 aliphatic rings. The zero-order chi connectivity index (χ0) is 12.2. The number of rotatable bonds is 4. The van der Waals surface area contributed by atoms with E-state index in [2.05, 4.69) is 42.2 Å². The molecule has 1 aromatic rings. The average Bonchev–Trinajstić information content (AvgIpc) is 2.29. The van der Waals surface area contributed by atoms with E-state index in [0.717, 1.165) is 6.42 Å². The highest BCUT2D eigenvalue weighted by Crippen LogP contribution is 2.17. The Labute approximate surface area is 112 Å². The number of nitrogens with one attached hydrogen (secondary N) is 1. The van der Waals surface area contributed by atoms with Crippen LogP contribution in [0, 0.1) is 0 Å². The summed E-state index contributed by atoms with van der Waals surface area (Å²) in [6, 6.07) is 3.59. The molecule has 1 atom stereocenters. The standard InChI is InChI=1S/C11H14Br2N2O/c1-3-11(2,7-12)15-10(16)9-8(13)5-4-6-14-9/h4-6H,3,7H2,1-2H3,(H,15,16). The fourth-order valence-electron chi connectivity index (χ4n) is 1.10. The molecule has 0 saturated heterocycles. The van der Waals surface area contributed by atoms with E-state index < -0.39 is 0 Å². The predicted molar refractivity (Wildman–Crippen MR) is 71.9 cm³/mol. The maximum Gasteiger partial charge on any atom is 0.271 e. The number of carbonyl (C=O) groups is 1. The van der Waals surface area contributed by atoms with Crippen LogP contribution in [0.2, 0.25) is 0 Å². The summed E-state index contributed by atoms with van der Waals surface area (Å²) in [7, 11) is 0. The predicted octanol–water partition coefficient (Wildman–Crippen LogP) is 3.14. The summed E-state index contributed by atoms with van der Waals surface area (Å²) < 4.78 is 0.709. The summed E-state index contributed by atoms with van der Waals surface area (Å²) >= 11 is 6.72. The van der Waals surface area contributed by atoms with Gasteiger partial charge in [-0.2, -0.15) is 0 Å². The first kappa shape index (κ1) is 13.6. The Kier molecular flexibility index (Phi) is 4.92. The van der Waals surface area contributed by atoms with Gasteiger partial charge in [0.05, 0.1) is 0 Å². The molecule has 0 spiro atoms. The third-order valence-electron chi connectivity index (χ3n) is 2.46. The zero-order valence-electron chi connectivity index (χ0n) is 9.26. The van der Waals surface area contributed by atoms with Crippen LogP contribution in [-0.4, -0.2) is 21.8 Å².